The van der Waals surface area contributed by atoms with Crippen LogP contribution >= 0.6 is 11.3 Å². The highest BCUT2D eigenvalue weighted by Gasteiger charge is 2.17. The first-order valence-electron chi connectivity index (χ1n) is 18.0. The zero-order valence-corrected chi connectivity index (χ0v) is 30.2. The molecule has 7 aromatic carbocycles. The van der Waals surface area contributed by atoms with E-state index in [1.54, 1.807) is 11.3 Å². The highest BCUT2D eigenvalue weighted by molar-refractivity contribution is 7.25. The third-order valence-electron chi connectivity index (χ3n) is 9.58. The van der Waals surface area contributed by atoms with E-state index in [9.17, 15) is 0 Å². The van der Waals surface area contributed by atoms with E-state index < -0.39 is 0 Å². The molecular formula is C48H30N6S. The lowest BCUT2D eigenvalue weighted by Gasteiger charge is -2.11. The lowest BCUT2D eigenvalue weighted by molar-refractivity contribution is 1.07. The average Bonchev–Trinajstić information content (AvgIpc) is 3.65. The minimum atomic E-state index is 0.559. The predicted molar refractivity (Wildman–Crippen MR) is 224 cm³/mol. The van der Waals surface area contributed by atoms with Crippen molar-refractivity contribution in [2.45, 2.75) is 0 Å². The Bertz CT molecular complexity index is 2920. The van der Waals surface area contributed by atoms with Gasteiger partial charge in [-0.15, -0.1) is 11.3 Å². The Morgan fingerprint density at radius 2 is 0.600 bits per heavy atom. The van der Waals surface area contributed by atoms with Crippen molar-refractivity contribution in [1.29, 1.82) is 0 Å². The van der Waals surface area contributed by atoms with Gasteiger partial charge < -0.3 is 0 Å². The third-order valence-corrected chi connectivity index (χ3v) is 10.7. The molecule has 3 aromatic heterocycles. The van der Waals surface area contributed by atoms with Crippen molar-refractivity contribution in [1.82, 2.24) is 29.9 Å². The Hall–Kier alpha value is -7.22. The van der Waals surface area contributed by atoms with E-state index in [1.807, 2.05) is 84.9 Å². The fraction of sp³-hybridized carbons (Fsp3) is 0. The Morgan fingerprint density at radius 3 is 1.13 bits per heavy atom. The maximum Gasteiger partial charge on any atom is 0.164 e. The van der Waals surface area contributed by atoms with Gasteiger partial charge in [-0.1, -0.05) is 158 Å². The van der Waals surface area contributed by atoms with Gasteiger partial charge in [-0.3, -0.25) is 0 Å². The van der Waals surface area contributed by atoms with Gasteiger partial charge >= 0.3 is 0 Å². The van der Waals surface area contributed by atoms with Crippen molar-refractivity contribution in [2.24, 2.45) is 0 Å². The maximum atomic E-state index is 5.14. The molecule has 0 radical (unpaired) electrons. The summed E-state index contributed by atoms with van der Waals surface area (Å²) in [6.07, 6.45) is 0. The van der Waals surface area contributed by atoms with E-state index >= 15 is 0 Å². The molecule has 0 unspecified atom stereocenters. The van der Waals surface area contributed by atoms with Crippen LogP contribution in [0.2, 0.25) is 0 Å². The second kappa shape index (κ2) is 14.0. The molecule has 0 spiro atoms. The number of benzene rings is 7. The van der Waals surface area contributed by atoms with Crippen LogP contribution in [0, 0.1) is 0 Å². The van der Waals surface area contributed by atoms with E-state index in [-0.39, 0.29) is 0 Å². The van der Waals surface area contributed by atoms with Crippen molar-refractivity contribution in [3.63, 3.8) is 0 Å². The van der Waals surface area contributed by atoms with Gasteiger partial charge in [0.25, 0.3) is 0 Å². The van der Waals surface area contributed by atoms with Crippen molar-refractivity contribution in [3.05, 3.63) is 182 Å². The number of nitrogens with zero attached hydrogens (tertiary/aromatic N) is 6. The van der Waals surface area contributed by atoms with Gasteiger partial charge in [0.15, 0.2) is 34.9 Å². The van der Waals surface area contributed by atoms with Crippen molar-refractivity contribution in [2.75, 3.05) is 0 Å². The molecule has 0 N–H and O–H groups in total. The van der Waals surface area contributed by atoms with Crippen LogP contribution in [0.4, 0.5) is 0 Å². The van der Waals surface area contributed by atoms with Crippen LogP contribution in [0.3, 0.4) is 0 Å². The average molecular weight is 723 g/mol. The number of hydrogen-bond acceptors (Lipinski definition) is 7. The number of fused-ring (bicyclic) bond motifs is 3. The van der Waals surface area contributed by atoms with Crippen LogP contribution in [0.5, 0.6) is 0 Å². The summed E-state index contributed by atoms with van der Waals surface area (Å²) >= 11 is 1.78. The van der Waals surface area contributed by atoms with Gasteiger partial charge in [-0.2, -0.15) is 0 Å². The quantitative estimate of drug-likeness (QED) is 0.163. The molecule has 0 fully saturated rings. The van der Waals surface area contributed by atoms with E-state index in [4.69, 9.17) is 29.9 Å². The number of rotatable bonds is 7. The molecule has 7 heteroatoms. The summed E-state index contributed by atoms with van der Waals surface area (Å²) in [6.45, 7) is 0. The highest BCUT2D eigenvalue weighted by atomic mass is 32.1. The van der Waals surface area contributed by atoms with E-state index in [2.05, 4.69) is 97.1 Å². The Kier molecular flexibility index (Phi) is 8.24. The van der Waals surface area contributed by atoms with Crippen LogP contribution in [-0.4, -0.2) is 29.9 Å². The zero-order valence-electron chi connectivity index (χ0n) is 29.4. The lowest BCUT2D eigenvalue weighted by atomic mass is 10.0. The summed E-state index contributed by atoms with van der Waals surface area (Å²) in [7, 11) is 0. The van der Waals surface area contributed by atoms with Crippen molar-refractivity contribution < 1.29 is 0 Å². The van der Waals surface area contributed by atoms with Crippen LogP contribution in [-0.2, 0) is 0 Å². The first-order chi connectivity index (χ1) is 27.2. The van der Waals surface area contributed by atoms with Gasteiger partial charge in [-0.05, 0) is 35.4 Å². The molecule has 6 nitrogen and oxygen atoms in total. The summed E-state index contributed by atoms with van der Waals surface area (Å²) in [4.78, 5) is 30.2. The molecule has 10 aromatic rings. The number of thiophene rings is 1. The molecule has 0 atom stereocenters. The van der Waals surface area contributed by atoms with E-state index in [1.165, 1.54) is 20.2 Å². The SMILES string of the molecule is c1ccc(-c2cccc(-c3nc(-c4cccc(-c5nc(-c6ccccc6)nc(-c6ccccc6)n5)c4)nc(-c4ccc5c(c4)sc4ccccc45)n3)c2)cc1. The molecule has 10 rings (SSSR count). The largest absolute Gasteiger partial charge is 0.208 e. The second-order valence-corrected chi connectivity index (χ2v) is 14.3. The third kappa shape index (κ3) is 6.43. The van der Waals surface area contributed by atoms with Gasteiger partial charge in [-0.25, -0.2) is 29.9 Å². The molecule has 0 amide bonds. The van der Waals surface area contributed by atoms with Crippen LogP contribution in [0.25, 0.3) is 99.6 Å². The van der Waals surface area contributed by atoms with Gasteiger partial charge in [0, 0.05) is 53.6 Å². The summed E-state index contributed by atoms with van der Waals surface area (Å²) in [5, 5.41) is 2.48. The van der Waals surface area contributed by atoms with Gasteiger partial charge in [0.05, 0.1) is 0 Å². The van der Waals surface area contributed by atoms with Crippen LogP contribution < -0.4 is 0 Å². The zero-order chi connectivity index (χ0) is 36.6. The fourth-order valence-corrected chi connectivity index (χ4v) is 7.98. The number of hydrogen-bond donors (Lipinski definition) is 0. The second-order valence-electron chi connectivity index (χ2n) is 13.2. The molecule has 0 aliphatic rings. The molecule has 0 bridgehead atoms. The Labute approximate surface area is 321 Å². The molecule has 55 heavy (non-hydrogen) atoms. The Balaban J connectivity index is 1.13. The van der Waals surface area contributed by atoms with Gasteiger partial charge in [0.1, 0.15) is 0 Å². The van der Waals surface area contributed by atoms with Crippen molar-refractivity contribution in [3.8, 4) is 79.5 Å². The van der Waals surface area contributed by atoms with E-state index in [0.717, 1.165) is 44.5 Å². The molecular weight excluding hydrogens is 693 g/mol. The van der Waals surface area contributed by atoms with Gasteiger partial charge in [0.2, 0.25) is 0 Å². The van der Waals surface area contributed by atoms with Crippen LogP contribution in [0.15, 0.2) is 182 Å². The highest BCUT2D eigenvalue weighted by Crippen LogP contribution is 2.37. The monoisotopic (exact) mass is 722 g/mol. The van der Waals surface area contributed by atoms with Crippen LogP contribution in [0.1, 0.15) is 0 Å². The summed E-state index contributed by atoms with van der Waals surface area (Å²) in [5.41, 5.74) is 7.54. The minimum Gasteiger partial charge on any atom is -0.208 e. The summed E-state index contributed by atoms with van der Waals surface area (Å²) in [6, 6.07) is 61.8. The van der Waals surface area contributed by atoms with Crippen molar-refractivity contribution >= 4 is 31.5 Å². The molecule has 0 saturated carbocycles. The molecule has 258 valence electrons. The standard InChI is InChI=1S/C48H30N6S/c1-4-14-31(15-5-1)34-20-12-21-35(28-34)45-52-47(54-48(53-45)38-26-27-40-39-24-10-11-25-41(39)55-42(40)30-38)37-23-13-22-36(29-37)46-50-43(32-16-6-2-7-17-32)49-44(51-46)33-18-8-3-9-19-33/h1-30H. The summed E-state index contributed by atoms with van der Waals surface area (Å²) < 4.78 is 2.44. The minimum absolute atomic E-state index is 0.559. The lowest BCUT2D eigenvalue weighted by Crippen LogP contribution is -2.02. The van der Waals surface area contributed by atoms with E-state index in [0.29, 0.717) is 34.9 Å². The first-order valence-corrected chi connectivity index (χ1v) is 18.8. The molecule has 0 saturated heterocycles. The Morgan fingerprint density at radius 1 is 0.236 bits per heavy atom. The predicted octanol–water partition coefficient (Wildman–Crippen LogP) is 12.1. The topological polar surface area (TPSA) is 77.3 Å². The maximum absolute atomic E-state index is 5.14. The normalized spacial score (nSPS) is 11.3. The fourth-order valence-electron chi connectivity index (χ4n) is 6.83. The smallest absolute Gasteiger partial charge is 0.164 e. The molecule has 0 aliphatic carbocycles. The summed E-state index contributed by atoms with van der Waals surface area (Å²) in [5.74, 6) is 3.54. The molecule has 3 heterocycles. The molecule has 0 aliphatic heterocycles. The number of aromatic nitrogens is 6. The first kappa shape index (κ1) is 32.4.